The summed E-state index contributed by atoms with van der Waals surface area (Å²) in [5, 5.41) is 8.81. The van der Waals surface area contributed by atoms with E-state index in [9.17, 15) is 0 Å². The summed E-state index contributed by atoms with van der Waals surface area (Å²) in [6.07, 6.45) is 3.76. The number of furan rings is 1. The number of fused-ring (bicyclic) bond motifs is 7. The summed E-state index contributed by atoms with van der Waals surface area (Å²) in [7, 11) is 0. The average molecular weight is 627 g/mol. The van der Waals surface area contributed by atoms with E-state index in [0.29, 0.717) is 17.5 Å². The van der Waals surface area contributed by atoms with Gasteiger partial charge < -0.3 is 4.42 Å². The van der Waals surface area contributed by atoms with Crippen LogP contribution in [0.5, 0.6) is 0 Å². The van der Waals surface area contributed by atoms with Crippen molar-refractivity contribution in [3.8, 4) is 45.3 Å². The molecule has 10 rings (SSSR count). The van der Waals surface area contributed by atoms with Crippen LogP contribution in [-0.2, 0) is 0 Å². The zero-order valence-corrected chi connectivity index (χ0v) is 26.2. The minimum absolute atomic E-state index is 0.622. The molecule has 0 saturated heterocycles. The van der Waals surface area contributed by atoms with Crippen molar-refractivity contribution in [3.63, 3.8) is 0 Å². The van der Waals surface area contributed by atoms with Crippen molar-refractivity contribution in [2.75, 3.05) is 0 Å². The van der Waals surface area contributed by atoms with Crippen LogP contribution in [-0.4, -0.2) is 19.9 Å². The van der Waals surface area contributed by atoms with E-state index >= 15 is 0 Å². The maximum Gasteiger partial charge on any atom is 0.164 e. The molecule has 0 aliphatic heterocycles. The maximum atomic E-state index is 6.48. The maximum absolute atomic E-state index is 6.48. The van der Waals surface area contributed by atoms with E-state index in [0.717, 1.165) is 76.7 Å². The van der Waals surface area contributed by atoms with Gasteiger partial charge >= 0.3 is 0 Å². The molecule has 10 aromatic rings. The number of nitrogens with zero attached hydrogens (tertiary/aromatic N) is 4. The molecule has 0 saturated carbocycles. The van der Waals surface area contributed by atoms with Crippen LogP contribution in [0, 0.1) is 0 Å². The molecule has 0 N–H and O–H groups in total. The van der Waals surface area contributed by atoms with Crippen molar-refractivity contribution >= 4 is 54.3 Å². The van der Waals surface area contributed by atoms with Gasteiger partial charge in [-0.15, -0.1) is 0 Å². The highest BCUT2D eigenvalue weighted by Crippen LogP contribution is 2.42. The Balaban J connectivity index is 1.19. The van der Waals surface area contributed by atoms with Crippen LogP contribution in [0.1, 0.15) is 0 Å². The molecule has 3 aromatic heterocycles. The SMILES string of the molecule is c1ccc(-c2nc(-c3ccc4ccccc4c3)nc(-c3cccc4c(-c5cncc6oc7c8ccccc8ccc7c56)cccc34)n2)cc1. The fraction of sp³-hybridized carbons (Fsp3) is 0. The van der Waals surface area contributed by atoms with E-state index in [1.165, 1.54) is 5.39 Å². The molecular formula is C44H26N4O. The quantitative estimate of drug-likeness (QED) is 0.194. The van der Waals surface area contributed by atoms with Crippen LogP contribution in [0.25, 0.3) is 99.5 Å². The molecule has 228 valence electrons. The number of benzene rings is 7. The topological polar surface area (TPSA) is 64.7 Å². The molecular weight excluding hydrogens is 601 g/mol. The minimum Gasteiger partial charge on any atom is -0.454 e. The first-order valence-corrected chi connectivity index (χ1v) is 16.3. The highest BCUT2D eigenvalue weighted by molar-refractivity contribution is 6.20. The molecule has 5 nitrogen and oxygen atoms in total. The molecule has 0 radical (unpaired) electrons. The molecule has 3 heterocycles. The van der Waals surface area contributed by atoms with Crippen LogP contribution in [0.4, 0.5) is 0 Å². The molecule has 0 bridgehead atoms. The third kappa shape index (κ3) is 4.48. The van der Waals surface area contributed by atoms with E-state index in [-0.39, 0.29) is 0 Å². The van der Waals surface area contributed by atoms with Gasteiger partial charge in [-0.25, -0.2) is 15.0 Å². The minimum atomic E-state index is 0.622. The summed E-state index contributed by atoms with van der Waals surface area (Å²) >= 11 is 0. The Morgan fingerprint density at radius 2 is 1.04 bits per heavy atom. The molecule has 0 atom stereocenters. The Bertz CT molecular complexity index is 2890. The fourth-order valence-corrected chi connectivity index (χ4v) is 7.07. The Labute approximate surface area is 281 Å². The van der Waals surface area contributed by atoms with E-state index in [4.69, 9.17) is 19.4 Å². The first-order valence-electron chi connectivity index (χ1n) is 16.3. The second-order valence-corrected chi connectivity index (χ2v) is 12.3. The number of hydrogen-bond donors (Lipinski definition) is 0. The van der Waals surface area contributed by atoms with Crippen molar-refractivity contribution in [2.24, 2.45) is 0 Å². The number of pyridine rings is 1. The monoisotopic (exact) mass is 626 g/mol. The van der Waals surface area contributed by atoms with E-state index in [1.54, 1.807) is 0 Å². The molecule has 0 aliphatic rings. The van der Waals surface area contributed by atoms with Crippen molar-refractivity contribution in [1.82, 2.24) is 19.9 Å². The highest BCUT2D eigenvalue weighted by Gasteiger charge is 2.19. The molecule has 0 fully saturated rings. The van der Waals surface area contributed by atoms with Crippen molar-refractivity contribution in [2.45, 2.75) is 0 Å². The largest absolute Gasteiger partial charge is 0.454 e. The second-order valence-electron chi connectivity index (χ2n) is 12.3. The Morgan fingerprint density at radius 3 is 1.90 bits per heavy atom. The van der Waals surface area contributed by atoms with E-state index < -0.39 is 0 Å². The van der Waals surface area contributed by atoms with Gasteiger partial charge in [0.2, 0.25) is 0 Å². The van der Waals surface area contributed by atoms with Gasteiger partial charge in [-0.05, 0) is 44.6 Å². The molecule has 5 heteroatoms. The third-order valence-electron chi connectivity index (χ3n) is 9.40. The molecule has 0 amide bonds. The van der Waals surface area contributed by atoms with Gasteiger partial charge in [-0.2, -0.15) is 0 Å². The number of aromatic nitrogens is 4. The van der Waals surface area contributed by atoms with Crippen molar-refractivity contribution in [1.29, 1.82) is 0 Å². The highest BCUT2D eigenvalue weighted by atomic mass is 16.3. The summed E-state index contributed by atoms with van der Waals surface area (Å²) in [5.74, 6) is 1.89. The van der Waals surface area contributed by atoms with Gasteiger partial charge in [-0.1, -0.05) is 133 Å². The van der Waals surface area contributed by atoms with Crippen LogP contribution in [0.3, 0.4) is 0 Å². The Hall–Kier alpha value is -6.72. The second kappa shape index (κ2) is 10.9. The first kappa shape index (κ1) is 27.4. The summed E-state index contributed by atoms with van der Waals surface area (Å²) in [6.45, 7) is 0. The lowest BCUT2D eigenvalue weighted by atomic mass is 9.93. The summed E-state index contributed by atoms with van der Waals surface area (Å²) < 4.78 is 6.48. The Kier molecular flexibility index (Phi) is 6.11. The summed E-state index contributed by atoms with van der Waals surface area (Å²) in [6, 6.07) is 50.2. The van der Waals surface area contributed by atoms with Gasteiger partial charge in [0.15, 0.2) is 23.1 Å². The van der Waals surface area contributed by atoms with Crippen LogP contribution >= 0.6 is 0 Å². The lowest BCUT2D eigenvalue weighted by Crippen LogP contribution is -2.00. The molecule has 7 aromatic carbocycles. The molecule has 0 spiro atoms. The van der Waals surface area contributed by atoms with Crippen LogP contribution in [0.15, 0.2) is 162 Å². The lowest BCUT2D eigenvalue weighted by molar-refractivity contribution is 0.670. The smallest absolute Gasteiger partial charge is 0.164 e. The molecule has 49 heavy (non-hydrogen) atoms. The standard InChI is InChI=1S/C44H26N4O/c1-2-12-29(13-3-1)42-46-43(31-21-20-27-10-4-5-14-30(27)24-31)48-44(47-42)36-19-9-16-33-34(36)17-8-18-35(33)38-25-45-26-39-40(38)37-23-22-28-11-6-7-15-32(28)41(37)49-39/h1-26H. The van der Waals surface area contributed by atoms with Gasteiger partial charge in [0.25, 0.3) is 0 Å². The predicted molar refractivity (Wildman–Crippen MR) is 199 cm³/mol. The zero-order valence-electron chi connectivity index (χ0n) is 26.2. The van der Waals surface area contributed by atoms with Crippen LogP contribution < -0.4 is 0 Å². The number of hydrogen-bond acceptors (Lipinski definition) is 5. The molecule has 0 aliphatic carbocycles. The third-order valence-corrected chi connectivity index (χ3v) is 9.40. The van der Waals surface area contributed by atoms with Gasteiger partial charge in [-0.3, -0.25) is 4.98 Å². The first-order chi connectivity index (χ1) is 24.3. The summed E-state index contributed by atoms with van der Waals surface area (Å²) in [4.78, 5) is 19.8. The molecule has 0 unspecified atom stereocenters. The van der Waals surface area contributed by atoms with E-state index in [1.807, 2.05) is 42.7 Å². The van der Waals surface area contributed by atoms with Gasteiger partial charge in [0, 0.05) is 44.6 Å². The normalized spacial score (nSPS) is 11.7. The fourth-order valence-electron chi connectivity index (χ4n) is 7.07. The van der Waals surface area contributed by atoms with Crippen molar-refractivity contribution < 1.29 is 4.42 Å². The van der Waals surface area contributed by atoms with Gasteiger partial charge in [0.05, 0.1) is 6.20 Å². The number of rotatable bonds is 4. The zero-order chi connectivity index (χ0) is 32.3. The summed E-state index contributed by atoms with van der Waals surface area (Å²) in [5.41, 5.74) is 6.55. The Morgan fingerprint density at radius 1 is 0.388 bits per heavy atom. The predicted octanol–water partition coefficient (Wildman–Crippen LogP) is 11.3. The lowest BCUT2D eigenvalue weighted by Gasteiger charge is -2.13. The average Bonchev–Trinajstić information content (AvgIpc) is 3.57. The van der Waals surface area contributed by atoms with Crippen molar-refractivity contribution in [3.05, 3.63) is 158 Å². The van der Waals surface area contributed by atoms with Crippen LogP contribution in [0.2, 0.25) is 0 Å². The van der Waals surface area contributed by atoms with Gasteiger partial charge in [0.1, 0.15) is 5.58 Å². The van der Waals surface area contributed by atoms with E-state index in [2.05, 4.69) is 120 Å².